The zero-order valence-corrected chi connectivity index (χ0v) is 23.6. The number of nitrogens with one attached hydrogen (secondary N) is 3. The van der Waals surface area contributed by atoms with Gasteiger partial charge in [-0.25, -0.2) is 4.39 Å². The summed E-state index contributed by atoms with van der Waals surface area (Å²) in [5.74, 6) is -1.43. The molecule has 0 bridgehead atoms. The van der Waals surface area contributed by atoms with Gasteiger partial charge >= 0.3 is 0 Å². The van der Waals surface area contributed by atoms with Gasteiger partial charge < -0.3 is 35.8 Å². The van der Waals surface area contributed by atoms with Gasteiger partial charge in [0.1, 0.15) is 24.0 Å². The fourth-order valence-electron chi connectivity index (χ4n) is 4.90. The first-order valence-electron chi connectivity index (χ1n) is 14.0. The van der Waals surface area contributed by atoms with Crippen LogP contribution in [0, 0.1) is 11.7 Å². The average Bonchev–Trinajstić information content (AvgIpc) is 3.78. The monoisotopic (exact) mass is 570 g/mol. The van der Waals surface area contributed by atoms with Crippen LogP contribution in [0.1, 0.15) is 37.8 Å². The van der Waals surface area contributed by atoms with Crippen molar-refractivity contribution in [1.82, 2.24) is 20.9 Å². The van der Waals surface area contributed by atoms with E-state index < -0.39 is 48.0 Å². The van der Waals surface area contributed by atoms with Gasteiger partial charge in [0.15, 0.2) is 11.5 Å². The molecule has 1 saturated carbocycles. The second kappa shape index (κ2) is 13.3. The minimum atomic E-state index is -1.04. The molecule has 0 saturated heterocycles. The molecule has 1 heterocycles. The van der Waals surface area contributed by atoms with Crippen molar-refractivity contribution in [2.75, 3.05) is 20.1 Å². The van der Waals surface area contributed by atoms with Crippen LogP contribution in [0.25, 0.3) is 0 Å². The highest BCUT2D eigenvalue weighted by Gasteiger charge is 2.39. The zero-order chi connectivity index (χ0) is 29.7. The Morgan fingerprint density at radius 2 is 1.73 bits per heavy atom. The lowest BCUT2D eigenvalue weighted by molar-refractivity contribution is -0.141. The van der Waals surface area contributed by atoms with Crippen molar-refractivity contribution in [3.05, 3.63) is 59.4 Å². The SMILES string of the molecule is CC1CNC(C2CC2)C(=O)N(C)C(C)C(=O)NC(Cc2ccc(F)cc2)C(=O)NCC(O)Cc2cccc(O)c2O1. The zero-order valence-electron chi connectivity index (χ0n) is 23.6. The molecule has 2 aromatic rings. The second-order valence-corrected chi connectivity index (χ2v) is 11.0. The first kappa shape index (κ1) is 30.3. The molecule has 1 aliphatic carbocycles. The quantitative estimate of drug-likeness (QED) is 0.375. The molecule has 5 unspecified atom stereocenters. The van der Waals surface area contributed by atoms with Gasteiger partial charge in [-0.05, 0) is 56.4 Å². The lowest BCUT2D eigenvalue weighted by atomic mass is 10.0. The normalized spacial score (nSPS) is 27.1. The third-order valence-electron chi connectivity index (χ3n) is 7.64. The molecular weight excluding hydrogens is 531 g/mol. The van der Waals surface area contributed by atoms with Gasteiger partial charge in [-0.2, -0.15) is 0 Å². The molecule has 0 aromatic heterocycles. The first-order valence-corrected chi connectivity index (χ1v) is 14.0. The fourth-order valence-corrected chi connectivity index (χ4v) is 4.90. The van der Waals surface area contributed by atoms with Crippen molar-refractivity contribution >= 4 is 17.7 Å². The van der Waals surface area contributed by atoms with Gasteiger partial charge in [0.25, 0.3) is 0 Å². The highest BCUT2D eigenvalue weighted by molar-refractivity contribution is 5.93. The van der Waals surface area contributed by atoms with E-state index in [1.807, 2.05) is 6.92 Å². The van der Waals surface area contributed by atoms with Crippen LogP contribution in [0.15, 0.2) is 42.5 Å². The van der Waals surface area contributed by atoms with E-state index in [1.54, 1.807) is 26.1 Å². The fraction of sp³-hybridized carbons (Fsp3) is 0.500. The molecule has 222 valence electrons. The smallest absolute Gasteiger partial charge is 0.243 e. The van der Waals surface area contributed by atoms with Gasteiger partial charge in [0.2, 0.25) is 17.7 Å². The number of fused-ring (bicyclic) bond motifs is 1. The van der Waals surface area contributed by atoms with Crippen molar-refractivity contribution in [2.24, 2.45) is 5.92 Å². The first-order chi connectivity index (χ1) is 19.5. The minimum absolute atomic E-state index is 0.0764. The molecule has 0 spiro atoms. The Hall–Kier alpha value is -3.70. The summed E-state index contributed by atoms with van der Waals surface area (Å²) in [4.78, 5) is 41.4. The number of phenols is 1. The Balaban J connectivity index is 1.61. The van der Waals surface area contributed by atoms with E-state index in [0.29, 0.717) is 17.7 Å². The number of aliphatic hydroxyl groups excluding tert-OH is 1. The number of ether oxygens (including phenoxy) is 1. The van der Waals surface area contributed by atoms with Gasteiger partial charge in [-0.1, -0.05) is 24.3 Å². The number of rotatable bonds is 3. The molecule has 2 aromatic carbocycles. The van der Waals surface area contributed by atoms with Crippen LogP contribution in [0.4, 0.5) is 4.39 Å². The molecule has 5 N–H and O–H groups in total. The lowest BCUT2D eigenvalue weighted by Crippen LogP contribution is -2.57. The van der Waals surface area contributed by atoms with Crippen molar-refractivity contribution < 1.29 is 33.7 Å². The molecule has 5 atom stereocenters. The van der Waals surface area contributed by atoms with Crippen molar-refractivity contribution in [1.29, 1.82) is 0 Å². The highest BCUT2D eigenvalue weighted by Crippen LogP contribution is 2.34. The standard InChI is InChI=1S/C30H39FN4O6/c1-17-15-32-26(20-9-10-20)30(40)35(3)18(2)28(38)34-24(13-19-7-11-22(31)12-8-19)29(39)33-16-23(36)14-21-5-4-6-25(37)27(21)41-17/h4-8,11-12,17-18,20,23-24,26,32,36-37H,9-10,13-16H2,1-3H3,(H,33,39)(H,34,38). The van der Waals surface area contributed by atoms with Gasteiger partial charge in [-0.15, -0.1) is 0 Å². The number of hydrogen-bond acceptors (Lipinski definition) is 7. The number of amides is 3. The van der Waals surface area contributed by atoms with Crippen molar-refractivity contribution in [2.45, 2.75) is 69.9 Å². The number of nitrogens with zero attached hydrogens (tertiary/aromatic N) is 1. The van der Waals surface area contributed by atoms with Gasteiger partial charge in [0, 0.05) is 38.5 Å². The highest BCUT2D eigenvalue weighted by atomic mass is 19.1. The summed E-state index contributed by atoms with van der Waals surface area (Å²) < 4.78 is 19.5. The Morgan fingerprint density at radius 1 is 1.02 bits per heavy atom. The molecule has 2 aliphatic rings. The predicted molar refractivity (Wildman–Crippen MR) is 150 cm³/mol. The molecular formula is C30H39FN4O6. The number of halogens is 1. The van der Waals surface area contributed by atoms with Crippen LogP contribution < -0.4 is 20.7 Å². The van der Waals surface area contributed by atoms with Gasteiger partial charge in [-0.3, -0.25) is 14.4 Å². The summed E-state index contributed by atoms with van der Waals surface area (Å²) in [6.07, 6.45) is 0.491. The number of likely N-dealkylation sites (N-methyl/N-ethyl adjacent to an activating group) is 1. The molecule has 3 amide bonds. The topological polar surface area (TPSA) is 140 Å². The van der Waals surface area contributed by atoms with Crippen LogP contribution in [0.2, 0.25) is 0 Å². The molecule has 11 heteroatoms. The Morgan fingerprint density at radius 3 is 2.41 bits per heavy atom. The van der Waals surface area contributed by atoms with E-state index >= 15 is 0 Å². The third-order valence-corrected chi connectivity index (χ3v) is 7.64. The van der Waals surface area contributed by atoms with E-state index in [4.69, 9.17) is 4.74 Å². The van der Waals surface area contributed by atoms with Crippen LogP contribution in [-0.2, 0) is 27.2 Å². The van der Waals surface area contributed by atoms with E-state index in [9.17, 15) is 29.0 Å². The van der Waals surface area contributed by atoms with E-state index in [0.717, 1.165) is 12.8 Å². The molecule has 10 nitrogen and oxygen atoms in total. The number of aliphatic hydroxyl groups is 1. The summed E-state index contributed by atoms with van der Waals surface area (Å²) in [6.45, 7) is 3.59. The average molecular weight is 571 g/mol. The third kappa shape index (κ3) is 7.95. The number of β-amino-alcohol motifs (C(OH)–C–C–N with tert-alkyl or cyclic N) is 1. The maximum absolute atomic E-state index is 13.5. The van der Waals surface area contributed by atoms with Crippen LogP contribution >= 0.6 is 0 Å². The van der Waals surface area contributed by atoms with Crippen LogP contribution in [0.5, 0.6) is 11.5 Å². The minimum Gasteiger partial charge on any atom is -0.504 e. The van der Waals surface area contributed by atoms with Crippen molar-refractivity contribution in [3.63, 3.8) is 0 Å². The lowest BCUT2D eigenvalue weighted by Gasteiger charge is -2.31. The maximum Gasteiger partial charge on any atom is 0.243 e. The van der Waals surface area contributed by atoms with Crippen molar-refractivity contribution in [3.8, 4) is 11.5 Å². The molecule has 1 aliphatic heterocycles. The number of carbonyl (C=O) groups is 3. The van der Waals surface area contributed by atoms with Gasteiger partial charge in [0.05, 0.1) is 12.1 Å². The Labute approximate surface area is 239 Å². The summed E-state index contributed by atoms with van der Waals surface area (Å²) in [7, 11) is 1.56. The predicted octanol–water partition coefficient (Wildman–Crippen LogP) is 1.27. The van der Waals surface area contributed by atoms with E-state index in [1.165, 1.54) is 35.2 Å². The number of aromatic hydroxyl groups is 1. The van der Waals surface area contributed by atoms with Crippen LogP contribution in [0.3, 0.4) is 0 Å². The Bertz CT molecular complexity index is 1240. The van der Waals surface area contributed by atoms with E-state index in [2.05, 4.69) is 16.0 Å². The maximum atomic E-state index is 13.5. The summed E-state index contributed by atoms with van der Waals surface area (Å²) in [5, 5.41) is 30.0. The summed E-state index contributed by atoms with van der Waals surface area (Å²) >= 11 is 0. The van der Waals surface area contributed by atoms with E-state index in [-0.39, 0.29) is 42.7 Å². The summed E-state index contributed by atoms with van der Waals surface area (Å²) in [5.41, 5.74) is 1.18. The number of phenolic OH excluding ortho intramolecular Hbond substituents is 1. The molecule has 0 radical (unpaired) electrons. The number of carbonyl (C=O) groups excluding carboxylic acids is 3. The Kier molecular flexibility index (Phi) is 9.82. The van der Waals surface area contributed by atoms with Crippen LogP contribution in [-0.4, -0.2) is 83.3 Å². The molecule has 4 rings (SSSR count). The second-order valence-electron chi connectivity index (χ2n) is 11.0. The molecule has 41 heavy (non-hydrogen) atoms. The largest absolute Gasteiger partial charge is 0.504 e. The number of para-hydroxylation sites is 1. The number of hydrogen-bond donors (Lipinski definition) is 5. The number of benzene rings is 2. The molecule has 1 fully saturated rings. The summed E-state index contributed by atoms with van der Waals surface area (Å²) in [6, 6.07) is 8.03.